The Morgan fingerprint density at radius 3 is 2.48 bits per heavy atom. The smallest absolute Gasteiger partial charge is 0.356 e. The lowest BCUT2D eigenvalue weighted by atomic mass is 10.1. The predicted molar refractivity (Wildman–Crippen MR) is 91.3 cm³/mol. The fourth-order valence-corrected chi connectivity index (χ4v) is 2.61. The average Bonchev–Trinajstić information content (AvgIpc) is 2.87. The van der Waals surface area contributed by atoms with Gasteiger partial charge in [0.15, 0.2) is 0 Å². The first-order chi connectivity index (χ1) is 11.2. The van der Waals surface area contributed by atoms with Crippen molar-refractivity contribution in [3.63, 3.8) is 0 Å². The van der Waals surface area contributed by atoms with Crippen molar-refractivity contribution in [3.05, 3.63) is 71.4 Å². The van der Waals surface area contributed by atoms with Gasteiger partial charge in [0, 0.05) is 23.5 Å². The lowest BCUT2D eigenvalue weighted by molar-refractivity contribution is 0.0515. The van der Waals surface area contributed by atoms with Crippen molar-refractivity contribution in [1.82, 2.24) is 4.57 Å². The van der Waals surface area contributed by atoms with Crippen LogP contribution in [0.15, 0.2) is 54.6 Å². The fraction of sp³-hybridized carbons (Fsp3) is 0.150. The van der Waals surface area contributed by atoms with E-state index in [4.69, 9.17) is 4.74 Å². The number of benzene rings is 2. The van der Waals surface area contributed by atoms with Crippen LogP contribution in [0.4, 0.5) is 0 Å². The number of aryl methyl sites for hydroxylation is 1. The molecule has 0 aliphatic rings. The van der Waals surface area contributed by atoms with E-state index in [1.54, 1.807) is 6.92 Å². The molecule has 1 aromatic heterocycles. The van der Waals surface area contributed by atoms with Crippen LogP contribution in [0, 0.1) is 11.8 Å². The number of hydrogen-bond donors (Lipinski definition) is 0. The lowest BCUT2D eigenvalue weighted by Gasteiger charge is -2.04. The minimum absolute atomic E-state index is 0.339. The highest BCUT2D eigenvalue weighted by Gasteiger charge is 2.20. The molecule has 0 bridgehead atoms. The number of ether oxygens (including phenoxy) is 1. The van der Waals surface area contributed by atoms with Gasteiger partial charge in [0.25, 0.3) is 0 Å². The first-order valence-electron chi connectivity index (χ1n) is 7.54. The Kier molecular flexibility index (Phi) is 4.16. The van der Waals surface area contributed by atoms with Gasteiger partial charge in [-0.2, -0.15) is 0 Å². The summed E-state index contributed by atoms with van der Waals surface area (Å²) in [4.78, 5) is 12.4. The summed E-state index contributed by atoms with van der Waals surface area (Å²) < 4.78 is 7.05. The first kappa shape index (κ1) is 14.9. The quantitative estimate of drug-likeness (QED) is 0.533. The number of fused-ring (bicyclic) bond motifs is 1. The van der Waals surface area contributed by atoms with E-state index in [2.05, 4.69) is 11.8 Å². The van der Waals surface area contributed by atoms with Crippen LogP contribution in [0.2, 0.25) is 0 Å². The van der Waals surface area contributed by atoms with E-state index < -0.39 is 0 Å². The topological polar surface area (TPSA) is 31.2 Å². The van der Waals surface area contributed by atoms with Crippen LogP contribution in [0.3, 0.4) is 0 Å². The van der Waals surface area contributed by atoms with E-state index in [9.17, 15) is 4.79 Å². The third-order valence-corrected chi connectivity index (χ3v) is 3.68. The molecule has 0 fully saturated rings. The normalized spacial score (nSPS) is 10.2. The summed E-state index contributed by atoms with van der Waals surface area (Å²) in [5.74, 6) is 5.95. The van der Waals surface area contributed by atoms with Gasteiger partial charge in [-0.1, -0.05) is 48.2 Å². The molecule has 0 radical (unpaired) electrons. The van der Waals surface area contributed by atoms with Gasteiger partial charge in [0.05, 0.1) is 12.2 Å². The van der Waals surface area contributed by atoms with Crippen molar-refractivity contribution < 1.29 is 9.53 Å². The Hall–Kier alpha value is -2.99. The number of rotatable bonds is 2. The van der Waals surface area contributed by atoms with Crippen molar-refractivity contribution in [2.24, 2.45) is 7.05 Å². The van der Waals surface area contributed by atoms with Crippen molar-refractivity contribution in [2.75, 3.05) is 6.61 Å². The zero-order chi connectivity index (χ0) is 16.2. The van der Waals surface area contributed by atoms with E-state index in [0.29, 0.717) is 17.9 Å². The average molecular weight is 303 g/mol. The minimum atomic E-state index is -0.344. The maximum Gasteiger partial charge on any atom is 0.356 e. The highest BCUT2D eigenvalue weighted by atomic mass is 16.5. The van der Waals surface area contributed by atoms with Gasteiger partial charge in [0.2, 0.25) is 0 Å². The molecule has 3 nitrogen and oxygen atoms in total. The van der Waals surface area contributed by atoms with Gasteiger partial charge in [-0.3, -0.25) is 0 Å². The summed E-state index contributed by atoms with van der Waals surface area (Å²) in [7, 11) is 1.86. The van der Waals surface area contributed by atoms with Crippen LogP contribution < -0.4 is 0 Å². The molecule has 1 heterocycles. The SMILES string of the molecule is CCOC(=O)c1c(C#Cc2ccccc2)c2ccccc2n1C. The number of carbonyl (C=O) groups is 1. The molecule has 114 valence electrons. The summed E-state index contributed by atoms with van der Waals surface area (Å²) in [6, 6.07) is 17.6. The second-order valence-electron chi connectivity index (χ2n) is 5.14. The molecule has 0 saturated carbocycles. The van der Waals surface area contributed by atoms with E-state index in [1.165, 1.54) is 0 Å². The summed E-state index contributed by atoms with van der Waals surface area (Å²) in [5.41, 5.74) is 3.09. The number of para-hydroxylation sites is 1. The number of nitrogens with zero attached hydrogens (tertiary/aromatic N) is 1. The van der Waals surface area contributed by atoms with Crippen molar-refractivity contribution in [3.8, 4) is 11.8 Å². The summed E-state index contributed by atoms with van der Waals surface area (Å²) in [5, 5.41) is 0.960. The third kappa shape index (κ3) is 2.84. The molecule has 0 amide bonds. The molecule has 0 N–H and O–H groups in total. The van der Waals surface area contributed by atoms with Crippen LogP contribution in [0.5, 0.6) is 0 Å². The molecule has 0 unspecified atom stereocenters. The Balaban J connectivity index is 2.20. The Bertz CT molecular complexity index is 911. The van der Waals surface area contributed by atoms with E-state index in [1.807, 2.05) is 66.2 Å². The third-order valence-electron chi connectivity index (χ3n) is 3.68. The van der Waals surface area contributed by atoms with E-state index >= 15 is 0 Å². The molecule has 0 atom stereocenters. The zero-order valence-electron chi connectivity index (χ0n) is 13.2. The molecule has 23 heavy (non-hydrogen) atoms. The van der Waals surface area contributed by atoms with Crippen LogP contribution in [0.1, 0.15) is 28.5 Å². The van der Waals surface area contributed by atoms with E-state index in [-0.39, 0.29) is 5.97 Å². The maximum atomic E-state index is 12.4. The van der Waals surface area contributed by atoms with Crippen LogP contribution in [-0.2, 0) is 11.8 Å². The van der Waals surface area contributed by atoms with Gasteiger partial charge < -0.3 is 9.30 Å². The molecule has 3 aromatic rings. The van der Waals surface area contributed by atoms with Gasteiger partial charge in [-0.25, -0.2) is 4.79 Å². The molecular weight excluding hydrogens is 286 g/mol. The van der Waals surface area contributed by atoms with Gasteiger partial charge in [-0.05, 0) is 25.1 Å². The summed E-state index contributed by atoms with van der Waals surface area (Å²) >= 11 is 0. The molecule has 0 aliphatic heterocycles. The molecule has 2 aromatic carbocycles. The molecule has 3 rings (SSSR count). The lowest BCUT2D eigenvalue weighted by Crippen LogP contribution is -2.11. The first-order valence-corrected chi connectivity index (χ1v) is 7.54. The Morgan fingerprint density at radius 2 is 1.74 bits per heavy atom. The molecule has 3 heteroatoms. The number of carbonyl (C=O) groups excluding carboxylic acids is 1. The van der Waals surface area contributed by atoms with Gasteiger partial charge >= 0.3 is 5.97 Å². The van der Waals surface area contributed by atoms with Gasteiger partial charge in [-0.15, -0.1) is 0 Å². The maximum absolute atomic E-state index is 12.4. The Morgan fingerprint density at radius 1 is 1.04 bits per heavy atom. The highest BCUT2D eigenvalue weighted by molar-refractivity contribution is 6.01. The zero-order valence-corrected chi connectivity index (χ0v) is 13.2. The predicted octanol–water partition coefficient (Wildman–Crippen LogP) is 3.75. The van der Waals surface area contributed by atoms with Crippen molar-refractivity contribution in [2.45, 2.75) is 6.92 Å². The standard InChI is InChI=1S/C20H17NO2/c1-3-23-20(22)19-17(14-13-15-9-5-4-6-10-15)16-11-7-8-12-18(16)21(19)2/h4-12H,3H2,1-2H3. The van der Waals surface area contributed by atoms with Crippen LogP contribution in [-0.4, -0.2) is 17.1 Å². The number of hydrogen-bond acceptors (Lipinski definition) is 2. The second-order valence-corrected chi connectivity index (χ2v) is 5.14. The number of aromatic nitrogens is 1. The second kappa shape index (κ2) is 6.41. The van der Waals surface area contributed by atoms with E-state index in [0.717, 1.165) is 16.5 Å². The fourth-order valence-electron chi connectivity index (χ4n) is 2.61. The molecular formula is C20H17NO2. The monoisotopic (exact) mass is 303 g/mol. The minimum Gasteiger partial charge on any atom is -0.461 e. The van der Waals surface area contributed by atoms with Crippen molar-refractivity contribution in [1.29, 1.82) is 0 Å². The molecule has 0 aliphatic carbocycles. The summed E-state index contributed by atoms with van der Waals surface area (Å²) in [6.45, 7) is 2.14. The van der Waals surface area contributed by atoms with Crippen molar-refractivity contribution >= 4 is 16.9 Å². The highest BCUT2D eigenvalue weighted by Crippen LogP contribution is 2.25. The van der Waals surface area contributed by atoms with Crippen LogP contribution in [0.25, 0.3) is 10.9 Å². The van der Waals surface area contributed by atoms with Crippen LogP contribution >= 0.6 is 0 Å². The molecule has 0 spiro atoms. The summed E-state index contributed by atoms with van der Waals surface area (Å²) in [6.07, 6.45) is 0. The number of esters is 1. The largest absolute Gasteiger partial charge is 0.461 e. The van der Waals surface area contributed by atoms with Gasteiger partial charge in [0.1, 0.15) is 5.69 Å². The Labute approximate surface area is 135 Å². The molecule has 0 saturated heterocycles.